The number of hydrogen-bond donors (Lipinski definition) is 1. The quantitative estimate of drug-likeness (QED) is 0.499. The second-order valence-corrected chi connectivity index (χ2v) is 8.11. The number of hydrogen-bond acceptors (Lipinski definition) is 4. The number of phenolic OH excluding ortho intramolecular Hbond substituents is 1. The predicted octanol–water partition coefficient (Wildman–Crippen LogP) is 5.89. The van der Waals surface area contributed by atoms with Crippen LogP contribution in [0, 0.1) is 5.92 Å². The first-order valence-corrected chi connectivity index (χ1v) is 10.7. The maximum Gasteiger partial charge on any atom is 0.305 e. The molecule has 0 bridgehead atoms. The molecule has 1 N–H and O–H groups in total. The second kappa shape index (κ2) is 9.21. The number of carbonyl (C=O) groups excluding carboxylic acids is 1. The zero-order valence-corrected chi connectivity index (χ0v) is 17.4. The van der Waals surface area contributed by atoms with Crippen LogP contribution in [-0.4, -0.2) is 24.8 Å². The lowest BCUT2D eigenvalue weighted by molar-refractivity contribution is -0.140. The third kappa shape index (κ3) is 4.76. The van der Waals surface area contributed by atoms with Gasteiger partial charge in [-0.3, -0.25) is 4.79 Å². The summed E-state index contributed by atoms with van der Waals surface area (Å²) in [5.41, 5.74) is 3.12. The van der Waals surface area contributed by atoms with Gasteiger partial charge in [0.25, 0.3) is 0 Å². The van der Waals surface area contributed by atoms with Crippen molar-refractivity contribution in [1.82, 2.24) is 0 Å². The number of aryl methyl sites for hydroxylation is 1. The van der Waals surface area contributed by atoms with Crippen molar-refractivity contribution in [3.63, 3.8) is 0 Å². The van der Waals surface area contributed by atoms with Crippen molar-refractivity contribution in [3.05, 3.63) is 60.2 Å². The minimum atomic E-state index is -0.209. The molecule has 0 heterocycles. The van der Waals surface area contributed by atoms with E-state index in [0.29, 0.717) is 18.8 Å². The summed E-state index contributed by atoms with van der Waals surface area (Å²) < 4.78 is 11.1. The third-order valence-corrected chi connectivity index (χ3v) is 5.97. The van der Waals surface area contributed by atoms with Crippen LogP contribution in [0.5, 0.6) is 11.5 Å². The number of esters is 1. The number of carbonyl (C=O) groups is 1. The Balaban J connectivity index is 1.66. The molecule has 1 saturated carbocycles. The van der Waals surface area contributed by atoms with Crippen molar-refractivity contribution >= 4 is 16.7 Å². The molecule has 4 nitrogen and oxygen atoms in total. The van der Waals surface area contributed by atoms with E-state index in [1.54, 1.807) is 12.1 Å². The number of aromatic hydroxyl groups is 1. The molecule has 0 atom stereocenters. The van der Waals surface area contributed by atoms with Crippen LogP contribution in [-0.2, 0) is 16.0 Å². The lowest BCUT2D eigenvalue weighted by atomic mass is 9.97. The second-order valence-electron chi connectivity index (χ2n) is 8.11. The molecule has 0 saturated heterocycles. The van der Waals surface area contributed by atoms with E-state index in [0.717, 1.165) is 39.8 Å². The molecule has 0 aromatic heterocycles. The Morgan fingerprint density at radius 2 is 1.80 bits per heavy atom. The first-order valence-electron chi connectivity index (χ1n) is 10.7. The van der Waals surface area contributed by atoms with E-state index in [4.69, 9.17) is 9.47 Å². The molecule has 0 radical (unpaired) electrons. The zero-order chi connectivity index (χ0) is 20.9. The first kappa shape index (κ1) is 20.3. The molecule has 1 aliphatic carbocycles. The summed E-state index contributed by atoms with van der Waals surface area (Å²) in [4.78, 5) is 11.6. The molecular weight excluding hydrogens is 376 g/mol. The summed E-state index contributed by atoms with van der Waals surface area (Å²) in [6.07, 6.45) is 6.04. The van der Waals surface area contributed by atoms with E-state index in [-0.39, 0.29) is 11.7 Å². The van der Waals surface area contributed by atoms with Crippen LogP contribution in [0.15, 0.2) is 54.6 Å². The van der Waals surface area contributed by atoms with Crippen LogP contribution in [0.3, 0.4) is 0 Å². The number of rotatable bonds is 7. The smallest absolute Gasteiger partial charge is 0.305 e. The van der Waals surface area contributed by atoms with E-state index in [1.165, 1.54) is 32.8 Å². The molecule has 4 heteroatoms. The fourth-order valence-electron chi connectivity index (χ4n) is 4.22. The fraction of sp³-hybridized carbons (Fsp3) is 0.346. The van der Waals surface area contributed by atoms with Gasteiger partial charge >= 0.3 is 5.97 Å². The monoisotopic (exact) mass is 404 g/mol. The van der Waals surface area contributed by atoms with Crippen LogP contribution in [0.2, 0.25) is 0 Å². The van der Waals surface area contributed by atoms with Gasteiger partial charge in [0.1, 0.15) is 11.5 Å². The van der Waals surface area contributed by atoms with Gasteiger partial charge in [-0.2, -0.15) is 0 Å². The fourth-order valence-corrected chi connectivity index (χ4v) is 4.22. The highest BCUT2D eigenvalue weighted by Crippen LogP contribution is 2.35. The molecule has 0 amide bonds. The Kier molecular flexibility index (Phi) is 6.22. The SMILES string of the molecule is COC(=O)CCc1ccc(OCC2CCCC2)c(-c2ccc3ccc(O)cc3c2)c1. The molecule has 30 heavy (non-hydrogen) atoms. The lowest BCUT2D eigenvalue weighted by Gasteiger charge is -2.16. The first-order chi connectivity index (χ1) is 14.6. The summed E-state index contributed by atoms with van der Waals surface area (Å²) >= 11 is 0. The summed E-state index contributed by atoms with van der Waals surface area (Å²) in [6.45, 7) is 0.739. The van der Waals surface area contributed by atoms with Gasteiger partial charge in [-0.15, -0.1) is 0 Å². The van der Waals surface area contributed by atoms with Gasteiger partial charge in [-0.1, -0.05) is 37.1 Å². The molecule has 1 fully saturated rings. The molecule has 4 rings (SSSR count). The van der Waals surface area contributed by atoms with Gasteiger partial charge in [0.15, 0.2) is 0 Å². The molecular formula is C26H28O4. The molecule has 156 valence electrons. The average molecular weight is 405 g/mol. The van der Waals surface area contributed by atoms with Gasteiger partial charge in [0, 0.05) is 12.0 Å². The molecule has 1 aliphatic rings. The van der Waals surface area contributed by atoms with Crippen LogP contribution >= 0.6 is 0 Å². The van der Waals surface area contributed by atoms with Crippen molar-refractivity contribution in [2.45, 2.75) is 38.5 Å². The van der Waals surface area contributed by atoms with Gasteiger partial charge < -0.3 is 14.6 Å². The number of methoxy groups -OCH3 is 1. The van der Waals surface area contributed by atoms with Gasteiger partial charge in [0.2, 0.25) is 0 Å². The van der Waals surface area contributed by atoms with Crippen LogP contribution in [0.4, 0.5) is 0 Å². The van der Waals surface area contributed by atoms with Crippen LogP contribution in [0.1, 0.15) is 37.7 Å². The molecule has 0 spiro atoms. The summed E-state index contributed by atoms with van der Waals surface area (Å²) in [7, 11) is 1.41. The highest BCUT2D eigenvalue weighted by atomic mass is 16.5. The van der Waals surface area contributed by atoms with Crippen molar-refractivity contribution in [1.29, 1.82) is 0 Å². The number of ether oxygens (including phenoxy) is 2. The van der Waals surface area contributed by atoms with E-state index >= 15 is 0 Å². The van der Waals surface area contributed by atoms with Crippen LogP contribution < -0.4 is 4.74 Å². The Morgan fingerprint density at radius 1 is 1.00 bits per heavy atom. The minimum absolute atomic E-state index is 0.209. The summed E-state index contributed by atoms with van der Waals surface area (Å²) in [6, 6.07) is 17.8. The van der Waals surface area contributed by atoms with Gasteiger partial charge in [-0.05, 0) is 77.4 Å². The van der Waals surface area contributed by atoms with Gasteiger partial charge in [0.05, 0.1) is 13.7 Å². The average Bonchev–Trinajstić information content (AvgIpc) is 3.29. The summed E-state index contributed by atoms with van der Waals surface area (Å²) in [5.74, 6) is 1.54. The van der Waals surface area contributed by atoms with Gasteiger partial charge in [-0.25, -0.2) is 0 Å². The predicted molar refractivity (Wildman–Crippen MR) is 119 cm³/mol. The Morgan fingerprint density at radius 3 is 2.60 bits per heavy atom. The largest absolute Gasteiger partial charge is 0.508 e. The maximum atomic E-state index is 11.6. The maximum absolute atomic E-state index is 11.6. The topological polar surface area (TPSA) is 55.8 Å². The standard InChI is InChI=1S/C26H28O4/c1-29-26(28)13-7-18-6-12-25(30-17-19-4-2-3-5-19)24(14-18)21-9-8-20-10-11-23(27)16-22(20)15-21/h6,8-12,14-16,19,27H,2-5,7,13,17H2,1H3. The zero-order valence-electron chi connectivity index (χ0n) is 17.4. The minimum Gasteiger partial charge on any atom is -0.508 e. The Hall–Kier alpha value is -3.01. The van der Waals surface area contributed by atoms with E-state index in [1.807, 2.05) is 18.2 Å². The molecule has 0 unspecified atom stereocenters. The highest BCUT2D eigenvalue weighted by Gasteiger charge is 2.17. The van der Waals surface area contributed by atoms with Crippen LogP contribution in [0.25, 0.3) is 21.9 Å². The van der Waals surface area contributed by atoms with Crippen molar-refractivity contribution in [3.8, 4) is 22.6 Å². The van der Waals surface area contributed by atoms with Crippen molar-refractivity contribution in [2.75, 3.05) is 13.7 Å². The number of phenols is 1. The van der Waals surface area contributed by atoms with Crippen molar-refractivity contribution < 1.29 is 19.4 Å². The Bertz CT molecular complexity index is 1030. The molecule has 3 aromatic carbocycles. The number of benzene rings is 3. The third-order valence-electron chi connectivity index (χ3n) is 5.97. The highest BCUT2D eigenvalue weighted by molar-refractivity contribution is 5.89. The van der Waals surface area contributed by atoms with E-state index in [2.05, 4.69) is 24.3 Å². The number of fused-ring (bicyclic) bond motifs is 1. The lowest BCUT2D eigenvalue weighted by Crippen LogP contribution is -2.09. The van der Waals surface area contributed by atoms with E-state index < -0.39 is 0 Å². The van der Waals surface area contributed by atoms with Crippen molar-refractivity contribution in [2.24, 2.45) is 5.92 Å². The summed E-state index contributed by atoms with van der Waals surface area (Å²) in [5, 5.41) is 11.9. The normalized spacial score (nSPS) is 14.2. The van der Waals surface area contributed by atoms with E-state index in [9.17, 15) is 9.90 Å². The molecule has 3 aromatic rings. The Labute approximate surface area is 177 Å². The molecule has 0 aliphatic heterocycles.